The van der Waals surface area contributed by atoms with Crippen molar-refractivity contribution in [3.8, 4) is 0 Å². The fourth-order valence-corrected chi connectivity index (χ4v) is 1.94. The molecule has 0 heterocycles. The van der Waals surface area contributed by atoms with Crippen molar-refractivity contribution in [1.29, 1.82) is 0 Å². The van der Waals surface area contributed by atoms with Crippen LogP contribution < -0.4 is 11.1 Å². The molecule has 1 fully saturated rings. The molecule has 0 radical (unpaired) electrons. The maximum absolute atomic E-state index is 11.8. The molecule has 1 rings (SSSR count). The van der Waals surface area contributed by atoms with E-state index in [1.807, 2.05) is 6.92 Å². The molecule has 4 nitrogen and oxygen atoms in total. The third-order valence-electron chi connectivity index (χ3n) is 3.46. The van der Waals surface area contributed by atoms with Gasteiger partial charge in [0.05, 0.1) is 5.54 Å². The molecule has 4 N–H and O–H groups in total. The highest BCUT2D eigenvalue weighted by molar-refractivity contribution is 5.85. The number of aliphatic hydroxyl groups excluding tert-OH is 1. The van der Waals surface area contributed by atoms with E-state index in [9.17, 15) is 4.79 Å². The van der Waals surface area contributed by atoms with Crippen molar-refractivity contribution >= 4 is 5.91 Å². The van der Waals surface area contributed by atoms with Crippen LogP contribution in [-0.4, -0.2) is 29.2 Å². The number of hydrogen-bond acceptors (Lipinski definition) is 3. The third-order valence-corrected chi connectivity index (χ3v) is 3.46. The summed E-state index contributed by atoms with van der Waals surface area (Å²) in [4.78, 5) is 11.8. The Bertz CT molecular complexity index is 229. The van der Waals surface area contributed by atoms with Gasteiger partial charge in [0.25, 0.3) is 0 Å². The van der Waals surface area contributed by atoms with Gasteiger partial charge in [-0.25, -0.2) is 0 Å². The van der Waals surface area contributed by atoms with E-state index in [0.29, 0.717) is 6.42 Å². The number of nitrogens with two attached hydrogens (primary N) is 1. The summed E-state index contributed by atoms with van der Waals surface area (Å²) >= 11 is 0. The molecule has 4 heteroatoms. The van der Waals surface area contributed by atoms with E-state index in [1.165, 1.54) is 0 Å². The lowest BCUT2D eigenvalue weighted by Gasteiger charge is -2.26. The second-order valence-corrected chi connectivity index (χ2v) is 4.72. The second-order valence-electron chi connectivity index (χ2n) is 4.72. The van der Waals surface area contributed by atoms with Crippen LogP contribution in [0, 0.1) is 5.92 Å². The van der Waals surface area contributed by atoms with Gasteiger partial charge in [0.15, 0.2) is 0 Å². The van der Waals surface area contributed by atoms with Gasteiger partial charge in [0.2, 0.25) is 5.91 Å². The smallest absolute Gasteiger partial charge is 0.240 e. The largest absolute Gasteiger partial charge is 0.396 e. The summed E-state index contributed by atoms with van der Waals surface area (Å²) in [6.07, 6.45) is 3.64. The summed E-state index contributed by atoms with van der Waals surface area (Å²) in [6.45, 7) is 3.79. The molecule has 1 saturated carbocycles. The molecule has 1 amide bonds. The van der Waals surface area contributed by atoms with E-state index >= 15 is 0 Å². The summed E-state index contributed by atoms with van der Waals surface area (Å²) in [6, 6.07) is 0.108. The Morgan fingerprint density at radius 1 is 1.60 bits per heavy atom. The minimum Gasteiger partial charge on any atom is -0.396 e. The van der Waals surface area contributed by atoms with E-state index in [-0.39, 0.29) is 24.5 Å². The first kappa shape index (κ1) is 12.5. The third kappa shape index (κ3) is 2.92. The Morgan fingerprint density at radius 2 is 2.27 bits per heavy atom. The summed E-state index contributed by atoms with van der Waals surface area (Å²) in [5, 5.41) is 12.1. The highest BCUT2D eigenvalue weighted by Gasteiger charge is 2.32. The number of hydrogen-bond donors (Lipinski definition) is 3. The van der Waals surface area contributed by atoms with Crippen LogP contribution in [0.1, 0.15) is 39.5 Å². The number of carbonyl (C=O) groups is 1. The molecular formula is C11H22N2O2. The van der Waals surface area contributed by atoms with Gasteiger partial charge in [0.1, 0.15) is 0 Å². The van der Waals surface area contributed by atoms with Crippen molar-refractivity contribution in [2.75, 3.05) is 6.61 Å². The Hall–Kier alpha value is -0.610. The van der Waals surface area contributed by atoms with Crippen LogP contribution in [0.3, 0.4) is 0 Å². The first-order chi connectivity index (χ1) is 7.01. The highest BCUT2D eigenvalue weighted by Crippen LogP contribution is 2.25. The fourth-order valence-electron chi connectivity index (χ4n) is 1.94. The van der Waals surface area contributed by atoms with Gasteiger partial charge in [-0.15, -0.1) is 0 Å². The molecule has 1 aliphatic rings. The van der Waals surface area contributed by atoms with Crippen molar-refractivity contribution in [3.05, 3.63) is 0 Å². The van der Waals surface area contributed by atoms with Gasteiger partial charge in [-0.3, -0.25) is 4.79 Å². The molecule has 1 aliphatic carbocycles. The molecular weight excluding hydrogens is 192 g/mol. The zero-order valence-corrected chi connectivity index (χ0v) is 9.62. The average Bonchev–Trinajstić information content (AvgIpc) is 2.65. The minimum absolute atomic E-state index is 0.102. The Morgan fingerprint density at radius 3 is 2.80 bits per heavy atom. The maximum Gasteiger partial charge on any atom is 0.240 e. The first-order valence-electron chi connectivity index (χ1n) is 5.72. The molecule has 0 spiro atoms. The second kappa shape index (κ2) is 4.94. The average molecular weight is 214 g/mol. The topological polar surface area (TPSA) is 75.4 Å². The molecule has 0 saturated heterocycles. The Kier molecular flexibility index (Phi) is 4.11. The van der Waals surface area contributed by atoms with Crippen LogP contribution in [0.4, 0.5) is 0 Å². The zero-order valence-electron chi connectivity index (χ0n) is 9.62. The van der Waals surface area contributed by atoms with Crippen LogP contribution in [0.25, 0.3) is 0 Å². The quantitative estimate of drug-likeness (QED) is 0.633. The van der Waals surface area contributed by atoms with Gasteiger partial charge in [-0.1, -0.05) is 13.3 Å². The SMILES string of the molecule is CCC(C)(N)C(=O)NC1CCCC1CO. The number of carbonyl (C=O) groups excluding carboxylic acids is 1. The van der Waals surface area contributed by atoms with Crippen molar-refractivity contribution in [2.45, 2.75) is 51.1 Å². The van der Waals surface area contributed by atoms with Gasteiger partial charge < -0.3 is 16.2 Å². The van der Waals surface area contributed by atoms with E-state index in [4.69, 9.17) is 10.8 Å². The van der Waals surface area contributed by atoms with Crippen molar-refractivity contribution in [3.63, 3.8) is 0 Å². The summed E-state index contributed by atoms with van der Waals surface area (Å²) in [5.41, 5.74) is 5.06. The minimum atomic E-state index is -0.789. The lowest BCUT2D eigenvalue weighted by Crippen LogP contribution is -2.54. The molecule has 3 atom stereocenters. The molecule has 0 bridgehead atoms. The van der Waals surface area contributed by atoms with E-state index < -0.39 is 5.54 Å². The van der Waals surface area contributed by atoms with Crippen LogP contribution in [0.2, 0.25) is 0 Å². The van der Waals surface area contributed by atoms with Crippen molar-refractivity contribution in [1.82, 2.24) is 5.32 Å². The monoisotopic (exact) mass is 214 g/mol. The van der Waals surface area contributed by atoms with Gasteiger partial charge in [0, 0.05) is 18.6 Å². The zero-order chi connectivity index (χ0) is 11.5. The molecule has 0 aromatic rings. The van der Waals surface area contributed by atoms with E-state index in [0.717, 1.165) is 19.3 Å². The first-order valence-corrected chi connectivity index (χ1v) is 5.72. The Labute approximate surface area is 91.2 Å². The molecule has 88 valence electrons. The Balaban J connectivity index is 2.51. The standard InChI is InChI=1S/C11H22N2O2/c1-3-11(2,12)10(15)13-9-6-4-5-8(9)7-14/h8-9,14H,3-7,12H2,1-2H3,(H,13,15). The number of rotatable bonds is 4. The highest BCUT2D eigenvalue weighted by atomic mass is 16.3. The fraction of sp³-hybridized carbons (Fsp3) is 0.909. The van der Waals surface area contributed by atoms with Crippen LogP contribution in [0.5, 0.6) is 0 Å². The molecule has 0 aliphatic heterocycles. The summed E-state index contributed by atoms with van der Waals surface area (Å²) in [7, 11) is 0. The maximum atomic E-state index is 11.8. The normalized spacial score (nSPS) is 29.9. The van der Waals surface area contributed by atoms with Gasteiger partial charge in [-0.2, -0.15) is 0 Å². The lowest BCUT2D eigenvalue weighted by atomic mass is 9.97. The van der Waals surface area contributed by atoms with Gasteiger partial charge >= 0.3 is 0 Å². The van der Waals surface area contributed by atoms with E-state index in [2.05, 4.69) is 5.32 Å². The number of amides is 1. The number of aliphatic hydroxyl groups is 1. The predicted octanol–water partition coefficient (Wildman–Crippen LogP) is 0.391. The van der Waals surface area contributed by atoms with Crippen LogP contribution in [0.15, 0.2) is 0 Å². The molecule has 0 aromatic heterocycles. The summed E-state index contributed by atoms with van der Waals surface area (Å²) in [5.74, 6) is 0.108. The molecule has 3 unspecified atom stereocenters. The van der Waals surface area contributed by atoms with Crippen LogP contribution >= 0.6 is 0 Å². The molecule has 15 heavy (non-hydrogen) atoms. The predicted molar refractivity (Wildman–Crippen MR) is 59.2 cm³/mol. The van der Waals surface area contributed by atoms with Crippen molar-refractivity contribution in [2.24, 2.45) is 11.7 Å². The number of nitrogens with one attached hydrogen (secondary N) is 1. The molecule has 0 aromatic carbocycles. The summed E-state index contributed by atoms with van der Waals surface area (Å²) < 4.78 is 0. The lowest BCUT2D eigenvalue weighted by molar-refractivity contribution is -0.126. The van der Waals surface area contributed by atoms with Crippen LogP contribution in [-0.2, 0) is 4.79 Å². The van der Waals surface area contributed by atoms with Gasteiger partial charge in [-0.05, 0) is 26.2 Å². The van der Waals surface area contributed by atoms with Crippen molar-refractivity contribution < 1.29 is 9.90 Å². The van der Waals surface area contributed by atoms with E-state index in [1.54, 1.807) is 6.92 Å².